The molecule has 0 unspecified atom stereocenters. The third-order valence-electron chi connectivity index (χ3n) is 4.99. The Hall–Kier alpha value is -2.41. The molecule has 2 amide bonds. The molecule has 2 fully saturated rings. The van der Waals surface area contributed by atoms with Crippen LogP contribution in [0.1, 0.15) is 17.5 Å². The molecule has 0 radical (unpaired) electrons. The Balaban J connectivity index is 1.58. The smallest absolute Gasteiger partial charge is 0.234 e. The van der Waals surface area contributed by atoms with Crippen molar-refractivity contribution in [1.29, 1.82) is 5.26 Å². The van der Waals surface area contributed by atoms with Crippen LogP contribution in [0, 0.1) is 35.0 Å². The van der Waals surface area contributed by atoms with Gasteiger partial charge < -0.3 is 0 Å². The highest BCUT2D eigenvalue weighted by Gasteiger charge is 2.59. The largest absolute Gasteiger partial charge is 0.278 e. The average Bonchev–Trinajstić information content (AvgIpc) is 3.18. The lowest BCUT2D eigenvalue weighted by Crippen LogP contribution is -2.32. The Morgan fingerprint density at radius 3 is 2.14 bits per heavy atom. The van der Waals surface area contributed by atoms with Gasteiger partial charge in [-0.25, -0.2) is 0 Å². The lowest BCUT2D eigenvalue weighted by atomic mass is 9.85. The van der Waals surface area contributed by atoms with E-state index >= 15 is 0 Å². The molecular weight excluding hydrogens is 264 g/mol. The van der Waals surface area contributed by atoms with Crippen molar-refractivity contribution in [3.05, 3.63) is 47.5 Å². The van der Waals surface area contributed by atoms with E-state index in [1.807, 2.05) is 0 Å². The molecule has 1 aromatic rings. The van der Waals surface area contributed by atoms with E-state index in [9.17, 15) is 9.59 Å². The molecule has 4 heteroatoms. The molecule has 1 saturated heterocycles. The molecule has 1 aliphatic heterocycles. The van der Waals surface area contributed by atoms with Crippen LogP contribution in [0.3, 0.4) is 0 Å². The summed E-state index contributed by atoms with van der Waals surface area (Å²) in [5.41, 5.74) is 1.47. The molecule has 1 saturated carbocycles. The second-order valence-electron chi connectivity index (χ2n) is 6.07. The zero-order chi connectivity index (χ0) is 14.6. The fourth-order valence-electron chi connectivity index (χ4n) is 3.99. The zero-order valence-electron chi connectivity index (χ0n) is 11.4. The van der Waals surface area contributed by atoms with E-state index in [1.165, 1.54) is 4.90 Å². The van der Waals surface area contributed by atoms with Crippen LogP contribution < -0.4 is 0 Å². The molecule has 21 heavy (non-hydrogen) atoms. The van der Waals surface area contributed by atoms with Crippen LogP contribution in [0.5, 0.6) is 0 Å². The molecule has 0 spiro atoms. The van der Waals surface area contributed by atoms with Crippen molar-refractivity contribution >= 4 is 11.8 Å². The Labute approximate surface area is 122 Å². The first-order valence-electron chi connectivity index (χ1n) is 7.21. The van der Waals surface area contributed by atoms with Gasteiger partial charge in [0, 0.05) is 0 Å². The van der Waals surface area contributed by atoms with Crippen LogP contribution >= 0.6 is 0 Å². The number of imide groups is 1. The van der Waals surface area contributed by atoms with Gasteiger partial charge in [0.2, 0.25) is 11.8 Å². The van der Waals surface area contributed by atoms with Crippen LogP contribution in [-0.2, 0) is 16.1 Å². The van der Waals surface area contributed by atoms with Gasteiger partial charge in [-0.1, -0.05) is 24.3 Å². The highest BCUT2D eigenvalue weighted by molar-refractivity contribution is 6.06. The minimum atomic E-state index is -0.133. The molecule has 104 valence electrons. The van der Waals surface area contributed by atoms with Crippen molar-refractivity contribution in [3.63, 3.8) is 0 Å². The van der Waals surface area contributed by atoms with Gasteiger partial charge in [0.25, 0.3) is 0 Å². The maximum absolute atomic E-state index is 12.5. The molecule has 4 nitrogen and oxygen atoms in total. The predicted molar refractivity (Wildman–Crippen MR) is 74.4 cm³/mol. The van der Waals surface area contributed by atoms with E-state index in [1.54, 1.807) is 24.3 Å². The van der Waals surface area contributed by atoms with Crippen LogP contribution in [0.4, 0.5) is 0 Å². The number of carbonyl (C=O) groups excluding carboxylic acids is 2. The Kier molecular flexibility index (Phi) is 2.52. The molecule has 2 aliphatic carbocycles. The summed E-state index contributed by atoms with van der Waals surface area (Å²) in [6, 6.07) is 9.10. The van der Waals surface area contributed by atoms with Gasteiger partial charge >= 0.3 is 0 Å². The second-order valence-corrected chi connectivity index (χ2v) is 6.07. The number of likely N-dealkylation sites (tertiary alicyclic amines) is 1. The SMILES string of the molecule is N#Cc1ccc(CN2C(=O)[C@@H]3[C@H](C2=O)[C@H]2C=C[C@H]3C2)cc1. The number of hydrogen-bond donors (Lipinski definition) is 0. The number of nitriles is 1. The van der Waals surface area contributed by atoms with Gasteiger partial charge in [-0.3, -0.25) is 14.5 Å². The van der Waals surface area contributed by atoms with Crippen molar-refractivity contribution in [1.82, 2.24) is 4.90 Å². The first kappa shape index (κ1) is 12.3. The van der Waals surface area contributed by atoms with E-state index in [0.717, 1.165) is 12.0 Å². The maximum Gasteiger partial charge on any atom is 0.234 e. The number of nitrogens with zero attached hydrogens (tertiary/aromatic N) is 2. The Morgan fingerprint density at radius 2 is 1.62 bits per heavy atom. The van der Waals surface area contributed by atoms with E-state index in [2.05, 4.69) is 18.2 Å². The van der Waals surface area contributed by atoms with Crippen LogP contribution in [0.2, 0.25) is 0 Å². The molecule has 4 rings (SSSR count). The standard InChI is InChI=1S/C17H14N2O2/c18-8-10-1-3-11(4-2-10)9-19-16(20)14-12-5-6-13(7-12)15(14)17(19)21/h1-6,12-15H,7,9H2/t12-,13-,14-,15+/m0/s1. The summed E-state index contributed by atoms with van der Waals surface area (Å²) < 4.78 is 0. The topological polar surface area (TPSA) is 61.2 Å². The van der Waals surface area contributed by atoms with Gasteiger partial charge in [-0.05, 0) is 36.0 Å². The molecule has 1 heterocycles. The van der Waals surface area contributed by atoms with Crippen molar-refractivity contribution in [2.24, 2.45) is 23.7 Å². The van der Waals surface area contributed by atoms with Gasteiger partial charge in [0.15, 0.2) is 0 Å². The van der Waals surface area contributed by atoms with E-state index in [4.69, 9.17) is 5.26 Å². The molecule has 0 aromatic heterocycles. The van der Waals surface area contributed by atoms with E-state index in [-0.39, 0.29) is 35.5 Å². The molecule has 2 bridgehead atoms. The first-order chi connectivity index (χ1) is 10.2. The first-order valence-corrected chi connectivity index (χ1v) is 7.21. The van der Waals surface area contributed by atoms with E-state index < -0.39 is 0 Å². The monoisotopic (exact) mass is 278 g/mol. The van der Waals surface area contributed by atoms with Gasteiger partial charge in [0.1, 0.15) is 0 Å². The lowest BCUT2D eigenvalue weighted by Gasteiger charge is -2.17. The summed E-state index contributed by atoms with van der Waals surface area (Å²) in [5.74, 6) is 0.194. The number of hydrogen-bond acceptors (Lipinski definition) is 3. The molecule has 3 aliphatic rings. The number of amides is 2. The molecule has 0 N–H and O–H groups in total. The number of rotatable bonds is 2. The normalized spacial score (nSPS) is 32.6. The predicted octanol–water partition coefficient (Wildman–Crippen LogP) is 1.87. The quantitative estimate of drug-likeness (QED) is 0.613. The summed E-state index contributed by atoms with van der Waals surface area (Å²) >= 11 is 0. The van der Waals surface area contributed by atoms with Crippen molar-refractivity contribution < 1.29 is 9.59 Å². The summed E-state index contributed by atoms with van der Waals surface area (Å²) in [6.45, 7) is 0.315. The van der Waals surface area contributed by atoms with Crippen molar-refractivity contribution in [3.8, 4) is 6.07 Å². The number of fused-ring (bicyclic) bond motifs is 5. The highest BCUT2D eigenvalue weighted by Crippen LogP contribution is 2.52. The summed E-state index contributed by atoms with van der Waals surface area (Å²) in [4.78, 5) is 26.5. The minimum Gasteiger partial charge on any atom is -0.278 e. The van der Waals surface area contributed by atoms with Crippen LogP contribution in [0.25, 0.3) is 0 Å². The van der Waals surface area contributed by atoms with E-state index in [0.29, 0.717) is 12.1 Å². The summed E-state index contributed by atoms with van der Waals surface area (Å²) in [5, 5.41) is 8.80. The third kappa shape index (κ3) is 1.67. The van der Waals surface area contributed by atoms with Gasteiger partial charge in [0.05, 0.1) is 30.0 Å². The van der Waals surface area contributed by atoms with Crippen LogP contribution in [-0.4, -0.2) is 16.7 Å². The van der Waals surface area contributed by atoms with Gasteiger partial charge in [-0.2, -0.15) is 5.26 Å². The molecule has 4 atom stereocenters. The number of benzene rings is 1. The minimum absolute atomic E-state index is 0.0220. The van der Waals surface area contributed by atoms with Crippen molar-refractivity contribution in [2.75, 3.05) is 0 Å². The van der Waals surface area contributed by atoms with Crippen molar-refractivity contribution in [2.45, 2.75) is 13.0 Å². The Bertz CT molecular complexity index is 668. The fourth-order valence-corrected chi connectivity index (χ4v) is 3.99. The molecule has 1 aromatic carbocycles. The zero-order valence-corrected chi connectivity index (χ0v) is 11.4. The third-order valence-corrected chi connectivity index (χ3v) is 4.99. The summed E-state index contributed by atoms with van der Waals surface area (Å²) in [7, 11) is 0. The fraction of sp³-hybridized carbons (Fsp3) is 0.353. The summed E-state index contributed by atoms with van der Waals surface area (Å²) in [6.07, 6.45) is 5.15. The maximum atomic E-state index is 12.5. The van der Waals surface area contributed by atoms with Gasteiger partial charge in [-0.15, -0.1) is 0 Å². The number of carbonyl (C=O) groups is 2. The average molecular weight is 278 g/mol. The Morgan fingerprint density at radius 1 is 1.05 bits per heavy atom. The second kappa shape index (κ2) is 4.29. The van der Waals surface area contributed by atoms with Crippen LogP contribution in [0.15, 0.2) is 36.4 Å². The number of allylic oxidation sites excluding steroid dienone is 2. The molecular formula is C17H14N2O2. The lowest BCUT2D eigenvalue weighted by molar-refractivity contribution is -0.141. The highest BCUT2D eigenvalue weighted by atomic mass is 16.2.